The normalized spacial score (nSPS) is 10.9. The Balaban J connectivity index is 0.000000599. The summed E-state index contributed by atoms with van der Waals surface area (Å²) < 4.78 is 1.07. The Morgan fingerprint density at radius 1 is 1.19 bits per heavy atom. The van der Waals surface area contributed by atoms with Gasteiger partial charge in [-0.25, -0.2) is 11.3 Å². The summed E-state index contributed by atoms with van der Waals surface area (Å²) in [5, 5.41) is 0.841. The van der Waals surface area contributed by atoms with E-state index in [1.165, 1.54) is 6.42 Å². The van der Waals surface area contributed by atoms with Gasteiger partial charge in [0.15, 0.2) is 0 Å². The van der Waals surface area contributed by atoms with Crippen molar-refractivity contribution in [1.82, 2.24) is 0 Å². The maximum absolute atomic E-state index is 12.1. The second-order valence-corrected chi connectivity index (χ2v) is 5.34. The van der Waals surface area contributed by atoms with E-state index in [4.69, 9.17) is 0 Å². The summed E-state index contributed by atoms with van der Waals surface area (Å²) in [4.78, 5) is 13.2. The van der Waals surface area contributed by atoms with E-state index < -0.39 is 0 Å². The van der Waals surface area contributed by atoms with Gasteiger partial charge in [-0.15, -0.1) is 17.7 Å². The van der Waals surface area contributed by atoms with Gasteiger partial charge in [0.25, 0.3) is 0 Å². The van der Waals surface area contributed by atoms with Crippen LogP contribution in [0.4, 0.5) is 0 Å². The summed E-state index contributed by atoms with van der Waals surface area (Å²) in [5.41, 5.74) is 1.05. The van der Waals surface area contributed by atoms with Gasteiger partial charge in [0.2, 0.25) is 0 Å². The van der Waals surface area contributed by atoms with Crippen molar-refractivity contribution >= 4 is 27.5 Å². The Morgan fingerprint density at radius 2 is 1.81 bits per heavy atom. The van der Waals surface area contributed by atoms with Crippen LogP contribution < -0.4 is 5.43 Å². The zero-order chi connectivity index (χ0) is 15.0. The second-order valence-electron chi connectivity index (χ2n) is 4.25. The van der Waals surface area contributed by atoms with Crippen molar-refractivity contribution in [2.45, 2.75) is 40.5 Å². The molecule has 1 heterocycles. The summed E-state index contributed by atoms with van der Waals surface area (Å²) in [5.74, 6) is 0. The fourth-order valence-corrected chi connectivity index (χ4v) is 2.96. The van der Waals surface area contributed by atoms with Gasteiger partial charge in [0.1, 0.15) is 0 Å². The van der Waals surface area contributed by atoms with Crippen LogP contribution in [0.25, 0.3) is 16.2 Å². The van der Waals surface area contributed by atoms with E-state index in [9.17, 15) is 4.79 Å². The van der Waals surface area contributed by atoms with E-state index in [0.29, 0.717) is 0 Å². The number of benzene rings is 1. The van der Waals surface area contributed by atoms with Gasteiger partial charge >= 0.3 is 0 Å². The van der Waals surface area contributed by atoms with Crippen LogP contribution in [-0.4, -0.2) is 0 Å². The van der Waals surface area contributed by atoms with Crippen LogP contribution in [0.5, 0.6) is 0 Å². The maximum atomic E-state index is 12.1. The molecule has 2 aromatic rings. The zero-order valence-electron chi connectivity index (χ0n) is 13.3. The van der Waals surface area contributed by atoms with Crippen molar-refractivity contribution in [3.05, 3.63) is 57.4 Å². The summed E-state index contributed by atoms with van der Waals surface area (Å²) in [6.45, 7) is 8.25. The third-order valence-electron chi connectivity index (χ3n) is 2.59. The molecular weight excluding hydrogens is 353 g/mol. The Labute approximate surface area is 157 Å². The van der Waals surface area contributed by atoms with Gasteiger partial charge < -0.3 is 4.79 Å². The Hall–Kier alpha value is -0.436. The molecule has 0 aliphatic heterocycles. The number of rotatable bonds is 0. The topological polar surface area (TPSA) is 17.1 Å². The fourth-order valence-electron chi connectivity index (χ4n) is 1.85. The first-order chi connectivity index (χ1) is 9.77. The molecule has 1 nitrogen and oxygen atoms in total. The van der Waals surface area contributed by atoms with Gasteiger partial charge in [0, 0.05) is 37.4 Å². The molecule has 0 unspecified atom stereocenters. The van der Waals surface area contributed by atoms with Crippen LogP contribution in [-0.2, 0) is 32.7 Å². The molecule has 0 bridgehead atoms. The Morgan fingerprint density at radius 3 is 2.48 bits per heavy atom. The average molecular weight is 376 g/mol. The molecule has 1 aliphatic rings. The molecule has 1 radical (unpaired) electrons. The van der Waals surface area contributed by atoms with E-state index in [0.717, 1.165) is 26.9 Å². The molecule has 21 heavy (non-hydrogen) atoms. The summed E-state index contributed by atoms with van der Waals surface area (Å²) in [6.07, 6.45) is 8.27. The van der Waals surface area contributed by atoms with E-state index in [-0.39, 0.29) is 38.1 Å². The van der Waals surface area contributed by atoms with Crippen molar-refractivity contribution in [1.29, 1.82) is 0 Å². The van der Waals surface area contributed by atoms with Crippen molar-refractivity contribution < 1.29 is 32.7 Å². The standard InChI is InChI=1S/C13H9OS.C3H8.C2H6.Y/c14-13-9-5-1-3-7-11(9)15-12-8-4-2-6-10(12)13;1-3-2;1-2;/h1,3-8H,2H2;3H2,1-2H3;1-2H3;/q-1;;;. The summed E-state index contributed by atoms with van der Waals surface area (Å²) >= 11 is 1.69. The first kappa shape index (κ1) is 20.6. The van der Waals surface area contributed by atoms with Crippen molar-refractivity contribution in [3.63, 3.8) is 0 Å². The molecule has 0 saturated carbocycles. The summed E-state index contributed by atoms with van der Waals surface area (Å²) in [6, 6.07) is 7.80. The first-order valence-electron chi connectivity index (χ1n) is 7.33. The summed E-state index contributed by atoms with van der Waals surface area (Å²) in [7, 11) is 0. The van der Waals surface area contributed by atoms with Gasteiger partial charge in [-0.1, -0.05) is 63.6 Å². The molecule has 0 saturated heterocycles. The predicted octanol–water partition coefficient (Wildman–Crippen LogP) is 5.67. The number of fused-ring (bicyclic) bond motifs is 2. The molecule has 0 fully saturated rings. The van der Waals surface area contributed by atoms with Crippen LogP contribution in [0.15, 0.2) is 35.1 Å². The molecule has 0 amide bonds. The van der Waals surface area contributed by atoms with Crippen molar-refractivity contribution in [2.75, 3.05) is 0 Å². The largest absolute Gasteiger partial charge is 0.365 e. The molecule has 111 valence electrons. The van der Waals surface area contributed by atoms with Crippen LogP contribution in [0.3, 0.4) is 0 Å². The number of allylic oxidation sites excluding steroid dienone is 1. The zero-order valence-corrected chi connectivity index (χ0v) is 17.0. The predicted molar refractivity (Wildman–Crippen MR) is 92.5 cm³/mol. The first-order valence-corrected chi connectivity index (χ1v) is 8.15. The molecule has 1 aliphatic carbocycles. The maximum Gasteiger partial charge on any atom is 0.0814 e. The quantitative estimate of drug-likeness (QED) is 0.542. The van der Waals surface area contributed by atoms with Gasteiger partial charge in [0.05, 0.1) is 5.43 Å². The van der Waals surface area contributed by atoms with Crippen molar-refractivity contribution in [2.24, 2.45) is 0 Å². The third kappa shape index (κ3) is 5.36. The van der Waals surface area contributed by atoms with Crippen LogP contribution in [0.2, 0.25) is 0 Å². The van der Waals surface area contributed by atoms with Gasteiger partial charge in [-0.3, -0.25) is 0 Å². The number of hydrogen-bond acceptors (Lipinski definition) is 2. The molecule has 0 atom stereocenters. The molecule has 3 heteroatoms. The van der Waals surface area contributed by atoms with E-state index in [2.05, 4.69) is 19.9 Å². The fraction of sp³-hybridized carbons (Fsp3) is 0.333. The van der Waals surface area contributed by atoms with Gasteiger partial charge in [-0.2, -0.15) is 6.42 Å². The molecule has 0 spiro atoms. The van der Waals surface area contributed by atoms with E-state index >= 15 is 0 Å². The SMILES string of the molecule is CC.CCC.O=c1c2c(sc3ccccc13)C=CC[CH-]2.[Y]. The monoisotopic (exact) mass is 376 g/mol. The third-order valence-corrected chi connectivity index (χ3v) is 3.74. The molecule has 0 N–H and O–H groups in total. The Bertz CT molecular complexity index is 629. The molecule has 1 aromatic carbocycles. The van der Waals surface area contributed by atoms with Crippen LogP contribution in [0, 0.1) is 6.42 Å². The molecule has 1 aromatic heterocycles. The van der Waals surface area contributed by atoms with Gasteiger partial charge in [-0.05, 0) is 11.5 Å². The average Bonchev–Trinajstić information content (AvgIpc) is 2.50. The molecule has 3 rings (SSSR count). The molecular formula is C18H23OSY-. The van der Waals surface area contributed by atoms with Crippen LogP contribution in [0.1, 0.15) is 51.0 Å². The minimum Gasteiger partial charge on any atom is -0.365 e. The van der Waals surface area contributed by atoms with E-state index in [1.54, 1.807) is 11.3 Å². The van der Waals surface area contributed by atoms with Crippen molar-refractivity contribution in [3.8, 4) is 0 Å². The van der Waals surface area contributed by atoms with Crippen LogP contribution >= 0.6 is 11.3 Å². The Kier molecular flexibility index (Phi) is 10.9. The van der Waals surface area contributed by atoms with E-state index in [1.807, 2.05) is 50.6 Å². The minimum atomic E-state index is 0. The second kappa shape index (κ2) is 11.2. The minimum absolute atomic E-state index is 0. The smallest absolute Gasteiger partial charge is 0.0814 e. The number of hydrogen-bond donors (Lipinski definition) is 0.